The number of hydrogen-bond donors (Lipinski definition) is 0. The van der Waals surface area contributed by atoms with Crippen molar-refractivity contribution in [1.82, 2.24) is 4.57 Å². The summed E-state index contributed by atoms with van der Waals surface area (Å²) in [7, 11) is 0. The molecule has 9 aromatic carbocycles. The first-order valence-electron chi connectivity index (χ1n) is 28.0. The number of anilines is 6. The molecule has 60 heavy (non-hydrogen) atoms. The number of fused-ring (bicyclic) bond motifs is 6. The van der Waals surface area contributed by atoms with Crippen LogP contribution in [-0.2, 0) is 0 Å². The van der Waals surface area contributed by atoms with Gasteiger partial charge in [-0.3, -0.25) is 0 Å². The molecule has 0 amide bonds. The Morgan fingerprint density at radius 3 is 1.83 bits per heavy atom. The number of benzene rings is 9. The van der Waals surface area contributed by atoms with Crippen molar-refractivity contribution in [1.29, 1.82) is 0 Å². The van der Waals surface area contributed by atoms with E-state index in [-0.39, 0.29) is 40.6 Å². The van der Waals surface area contributed by atoms with E-state index < -0.39 is 90.6 Å². The predicted octanol–water partition coefficient (Wildman–Crippen LogP) is 16.4. The van der Waals surface area contributed by atoms with E-state index in [2.05, 4.69) is 0 Å². The third-order valence-corrected chi connectivity index (χ3v) is 11.7. The highest BCUT2D eigenvalue weighted by atomic mass is 32.1. The van der Waals surface area contributed by atoms with Crippen LogP contribution in [0.4, 0.5) is 34.1 Å². The summed E-state index contributed by atoms with van der Waals surface area (Å²) >= 11 is 1.30. The predicted molar refractivity (Wildman–Crippen MR) is 258 cm³/mol. The molecule has 3 nitrogen and oxygen atoms in total. The van der Waals surface area contributed by atoms with Gasteiger partial charge in [0, 0.05) is 60.4 Å². The maximum Gasteiger partial charge on any atom is 0.0648 e. The first-order valence-corrected chi connectivity index (χ1v) is 19.9. The van der Waals surface area contributed by atoms with Crippen molar-refractivity contribution in [2.24, 2.45) is 0 Å². The van der Waals surface area contributed by atoms with Gasteiger partial charge in [-0.2, -0.15) is 0 Å². The van der Waals surface area contributed by atoms with E-state index >= 15 is 0 Å². The van der Waals surface area contributed by atoms with Crippen molar-refractivity contribution in [2.45, 2.75) is 13.8 Å². The Kier molecular flexibility index (Phi) is 5.30. The standard InChI is InChI=1S/C56H41N3S/c1-38-25-26-39(2)53(35-38)59-51-23-13-12-21-47(51)48-33-31-45(36-54(48)59)57(42-17-8-4-9-18-42)46-32-34-49-50-22-14-24-52(56(50)60-55(49)37-46)58(43-19-10-5-11-20-43)44-29-27-41(28-30-44)40-15-6-3-7-16-40/h3-37H,1-2H3/i3D,4D,5D,6D,7D,8D,9D,10D,11D,15D,16D,17D,18D,19D,20D,25D,26D,35D. The Balaban J connectivity index is 1.15. The molecule has 0 saturated carbocycles. The van der Waals surface area contributed by atoms with Crippen molar-refractivity contribution >= 4 is 87.4 Å². The van der Waals surface area contributed by atoms with Crippen molar-refractivity contribution in [3.05, 3.63) is 223 Å². The first-order chi connectivity index (χ1) is 37.1. The molecule has 0 radical (unpaired) electrons. The molecule has 0 spiro atoms. The normalized spacial score (nSPS) is 15.7. The summed E-state index contributed by atoms with van der Waals surface area (Å²) < 4.78 is 161. The van der Waals surface area contributed by atoms with Gasteiger partial charge < -0.3 is 14.4 Å². The molecule has 4 heteroatoms. The minimum Gasteiger partial charge on any atom is -0.310 e. The molecule has 0 atom stereocenters. The van der Waals surface area contributed by atoms with E-state index in [1.807, 2.05) is 59.2 Å². The van der Waals surface area contributed by atoms with Gasteiger partial charge >= 0.3 is 0 Å². The Morgan fingerprint density at radius 1 is 0.467 bits per heavy atom. The third-order valence-electron chi connectivity index (χ3n) is 10.5. The molecule has 0 aliphatic rings. The lowest BCUT2D eigenvalue weighted by molar-refractivity contribution is 1.14. The SMILES string of the molecule is [2H]c1c([2H])c([2H])c(-c2ccc(N(c3c([2H])c([2H])c([2H])c([2H])c3[2H])c3cccc4c3sc3cc(N(c5ccc6c7ccccc7n(-c7c([2H])c(C)c([2H])c([2H])c7C)c6c5)c5c([2H])c([2H])c([2H])c([2H])c5[2H])ccc34)cc2)c([2H])c1[2H]. The maximum absolute atomic E-state index is 9.30. The second-order valence-corrected chi connectivity index (χ2v) is 15.2. The average molecular weight is 806 g/mol. The molecule has 286 valence electrons. The zero-order chi connectivity index (χ0) is 55.8. The fourth-order valence-corrected chi connectivity index (χ4v) is 9.12. The van der Waals surface area contributed by atoms with Crippen LogP contribution >= 0.6 is 11.3 Å². The van der Waals surface area contributed by atoms with Crippen LogP contribution in [0.3, 0.4) is 0 Å². The van der Waals surface area contributed by atoms with Gasteiger partial charge in [0.2, 0.25) is 0 Å². The Labute approximate surface area is 379 Å². The molecule has 2 aromatic heterocycles. The van der Waals surface area contributed by atoms with Crippen molar-refractivity contribution in [3.8, 4) is 16.8 Å². The Bertz CT molecular complexity index is 4300. The van der Waals surface area contributed by atoms with E-state index in [1.165, 1.54) is 16.2 Å². The molecule has 11 rings (SSSR count). The fourth-order valence-electron chi connectivity index (χ4n) is 7.88. The summed E-state index contributed by atoms with van der Waals surface area (Å²) in [5.74, 6) is 0. The Morgan fingerprint density at radius 2 is 1.08 bits per heavy atom. The van der Waals surface area contributed by atoms with Crippen LogP contribution in [0, 0.1) is 13.8 Å². The molecule has 0 N–H and O–H groups in total. The van der Waals surface area contributed by atoms with Gasteiger partial charge in [0.05, 0.1) is 46.1 Å². The second-order valence-electron chi connectivity index (χ2n) is 14.1. The molecular formula is C56H41N3S. The highest BCUT2D eigenvalue weighted by Gasteiger charge is 2.21. The molecule has 0 unspecified atom stereocenters. The largest absolute Gasteiger partial charge is 0.310 e. The van der Waals surface area contributed by atoms with Gasteiger partial charge in [0.25, 0.3) is 0 Å². The van der Waals surface area contributed by atoms with Gasteiger partial charge in [-0.1, -0.05) is 133 Å². The van der Waals surface area contributed by atoms with Crippen LogP contribution in [0.5, 0.6) is 0 Å². The summed E-state index contributed by atoms with van der Waals surface area (Å²) in [4.78, 5) is 3.12. The molecule has 0 bridgehead atoms. The lowest BCUT2D eigenvalue weighted by Gasteiger charge is -2.26. The molecule has 2 heterocycles. The summed E-state index contributed by atoms with van der Waals surface area (Å²) in [5, 5.41) is 3.04. The molecule has 0 aliphatic carbocycles. The van der Waals surface area contributed by atoms with Gasteiger partial charge in [-0.25, -0.2) is 0 Å². The molecular weight excluding hydrogens is 747 g/mol. The highest BCUT2D eigenvalue weighted by Crippen LogP contribution is 2.47. The topological polar surface area (TPSA) is 11.4 Å². The summed E-state index contributed by atoms with van der Waals surface area (Å²) in [6.45, 7) is 3.34. The zero-order valence-corrected chi connectivity index (χ0v) is 32.9. The van der Waals surface area contributed by atoms with Crippen LogP contribution in [0.15, 0.2) is 212 Å². The van der Waals surface area contributed by atoms with Crippen LogP contribution < -0.4 is 9.80 Å². The van der Waals surface area contributed by atoms with E-state index in [9.17, 15) is 4.11 Å². The number of hydrogen-bond acceptors (Lipinski definition) is 3. The maximum atomic E-state index is 9.30. The second kappa shape index (κ2) is 14.8. The smallest absolute Gasteiger partial charge is 0.0648 e. The van der Waals surface area contributed by atoms with Crippen LogP contribution in [0.2, 0.25) is 0 Å². The highest BCUT2D eigenvalue weighted by molar-refractivity contribution is 7.26. The quantitative estimate of drug-likeness (QED) is 0.152. The Hall–Kier alpha value is -7.40. The van der Waals surface area contributed by atoms with Crippen molar-refractivity contribution < 1.29 is 24.7 Å². The minimum atomic E-state index is -0.599. The number of rotatable bonds is 8. The van der Waals surface area contributed by atoms with E-state index in [0.717, 1.165) is 21.7 Å². The number of nitrogens with zero attached hydrogens (tertiary/aromatic N) is 3. The number of para-hydroxylation sites is 3. The van der Waals surface area contributed by atoms with Gasteiger partial charge in [-0.15, -0.1) is 11.3 Å². The van der Waals surface area contributed by atoms with E-state index in [4.69, 9.17) is 20.6 Å². The van der Waals surface area contributed by atoms with Crippen molar-refractivity contribution in [3.63, 3.8) is 0 Å². The third kappa shape index (κ3) is 6.12. The minimum absolute atomic E-state index is 0.0254. The van der Waals surface area contributed by atoms with Gasteiger partial charge in [0.1, 0.15) is 0 Å². The molecule has 0 fully saturated rings. The summed E-state index contributed by atoms with van der Waals surface area (Å²) in [6, 6.07) is 22.3. The van der Waals surface area contributed by atoms with Gasteiger partial charge in [0.15, 0.2) is 0 Å². The number of thiophene rings is 1. The fraction of sp³-hybridized carbons (Fsp3) is 0.0357. The first kappa shape index (κ1) is 21.6. The zero-order valence-electron chi connectivity index (χ0n) is 50.1. The van der Waals surface area contributed by atoms with Gasteiger partial charge in [-0.05, 0) is 115 Å². The van der Waals surface area contributed by atoms with Crippen LogP contribution in [-0.4, -0.2) is 4.57 Å². The monoisotopic (exact) mass is 805 g/mol. The van der Waals surface area contributed by atoms with E-state index in [0.29, 0.717) is 59.9 Å². The van der Waals surface area contributed by atoms with E-state index in [1.54, 1.807) is 67.3 Å². The molecule has 0 saturated heterocycles. The lowest BCUT2D eigenvalue weighted by Crippen LogP contribution is -2.10. The summed E-state index contributed by atoms with van der Waals surface area (Å²) in [6.07, 6.45) is 0. The van der Waals surface area contributed by atoms with Crippen molar-refractivity contribution in [2.75, 3.05) is 9.80 Å². The molecule has 0 aliphatic heterocycles. The average Bonchev–Trinajstić information content (AvgIpc) is 3.98. The molecule has 11 aromatic rings. The number of aromatic nitrogens is 1. The van der Waals surface area contributed by atoms with Crippen LogP contribution in [0.25, 0.3) is 58.8 Å². The van der Waals surface area contributed by atoms with Crippen LogP contribution in [0.1, 0.15) is 35.8 Å². The summed E-state index contributed by atoms with van der Waals surface area (Å²) in [5.41, 5.74) is 3.84. The lowest BCUT2D eigenvalue weighted by atomic mass is 10.0.